The summed E-state index contributed by atoms with van der Waals surface area (Å²) in [7, 11) is 1.78. The van der Waals surface area contributed by atoms with E-state index in [1.165, 1.54) is 61.0 Å². The topological polar surface area (TPSA) is 24.5 Å². The van der Waals surface area contributed by atoms with Crippen molar-refractivity contribution in [1.82, 2.24) is 10.2 Å². The number of hydrogen-bond acceptors (Lipinski definition) is 3. The summed E-state index contributed by atoms with van der Waals surface area (Å²) in [5.74, 6) is 1.95. The van der Waals surface area contributed by atoms with Gasteiger partial charge in [0.2, 0.25) is 0 Å². The first kappa shape index (κ1) is 21.0. The number of ether oxygens (including phenoxy) is 1. The van der Waals surface area contributed by atoms with Crippen LogP contribution >= 0.6 is 0 Å². The van der Waals surface area contributed by atoms with Crippen LogP contribution in [0.1, 0.15) is 68.7 Å². The summed E-state index contributed by atoms with van der Waals surface area (Å²) < 4.78 is 5.67. The highest BCUT2D eigenvalue weighted by Crippen LogP contribution is 2.30. The van der Waals surface area contributed by atoms with E-state index in [9.17, 15) is 0 Å². The van der Waals surface area contributed by atoms with Gasteiger partial charge in [-0.2, -0.15) is 0 Å². The summed E-state index contributed by atoms with van der Waals surface area (Å²) >= 11 is 0. The van der Waals surface area contributed by atoms with Gasteiger partial charge in [-0.25, -0.2) is 0 Å². The van der Waals surface area contributed by atoms with Crippen LogP contribution in [-0.4, -0.2) is 31.6 Å². The van der Waals surface area contributed by atoms with Crippen molar-refractivity contribution in [2.24, 2.45) is 5.92 Å². The van der Waals surface area contributed by atoms with Crippen LogP contribution in [0, 0.1) is 12.8 Å². The Morgan fingerprint density at radius 1 is 1.14 bits per heavy atom. The molecule has 0 saturated carbocycles. The minimum Gasteiger partial charge on any atom is -0.496 e. The molecule has 154 valence electrons. The molecule has 0 aliphatic carbocycles. The normalized spacial score (nSPS) is 20.7. The minimum atomic E-state index is 0.225. The molecular formula is C25H38N2O. The molecule has 0 aromatic heterocycles. The first-order valence-electron chi connectivity index (χ1n) is 11.2. The molecule has 3 heteroatoms. The molecule has 1 unspecified atom stereocenters. The second-order valence-electron chi connectivity index (χ2n) is 8.48. The highest BCUT2D eigenvalue weighted by atomic mass is 16.5. The van der Waals surface area contributed by atoms with Gasteiger partial charge in [-0.1, -0.05) is 45.3 Å². The van der Waals surface area contributed by atoms with Gasteiger partial charge in [0, 0.05) is 6.54 Å². The number of dihydropyridines is 1. The molecule has 2 aliphatic heterocycles. The third-order valence-corrected chi connectivity index (χ3v) is 6.35. The van der Waals surface area contributed by atoms with E-state index in [1.807, 2.05) is 0 Å². The Morgan fingerprint density at radius 2 is 1.93 bits per heavy atom. The molecular weight excluding hydrogens is 344 g/mol. The molecule has 2 aliphatic rings. The highest BCUT2D eigenvalue weighted by molar-refractivity contribution is 5.46. The SMILES string of the molecule is CCCc1cc(C2C=C(CN3CCC(CCC)CC3)C=CN2)cc(OC)c1C. The van der Waals surface area contributed by atoms with Gasteiger partial charge in [-0.15, -0.1) is 0 Å². The summed E-state index contributed by atoms with van der Waals surface area (Å²) in [5, 5.41) is 3.54. The van der Waals surface area contributed by atoms with Crippen molar-refractivity contribution < 1.29 is 4.74 Å². The lowest BCUT2D eigenvalue weighted by Gasteiger charge is -2.33. The minimum absolute atomic E-state index is 0.225. The number of nitrogens with zero attached hydrogens (tertiary/aromatic N) is 1. The Bertz CT molecular complexity index is 699. The van der Waals surface area contributed by atoms with Crippen LogP contribution in [0.15, 0.2) is 36.1 Å². The summed E-state index contributed by atoms with van der Waals surface area (Å²) in [5.41, 5.74) is 5.41. The lowest BCUT2D eigenvalue weighted by molar-refractivity contribution is 0.191. The van der Waals surface area contributed by atoms with E-state index >= 15 is 0 Å². The average molecular weight is 383 g/mol. The summed E-state index contributed by atoms with van der Waals surface area (Å²) in [6.45, 7) is 10.3. The van der Waals surface area contributed by atoms with E-state index in [1.54, 1.807) is 7.11 Å². The zero-order chi connectivity index (χ0) is 19.9. The van der Waals surface area contributed by atoms with Gasteiger partial charge in [-0.05, 0) is 85.8 Å². The first-order chi connectivity index (χ1) is 13.6. The lowest BCUT2D eigenvalue weighted by atomic mass is 9.92. The lowest BCUT2D eigenvalue weighted by Crippen LogP contribution is -2.35. The number of hydrogen-bond donors (Lipinski definition) is 1. The molecule has 1 aromatic carbocycles. The number of benzene rings is 1. The van der Waals surface area contributed by atoms with Crippen LogP contribution in [-0.2, 0) is 6.42 Å². The van der Waals surface area contributed by atoms with Gasteiger partial charge < -0.3 is 10.1 Å². The quantitative estimate of drug-likeness (QED) is 0.638. The monoisotopic (exact) mass is 382 g/mol. The van der Waals surface area contributed by atoms with Crippen molar-refractivity contribution in [3.05, 3.63) is 52.7 Å². The molecule has 1 aromatic rings. The number of likely N-dealkylation sites (tertiary alicyclic amines) is 1. The Morgan fingerprint density at radius 3 is 2.61 bits per heavy atom. The highest BCUT2D eigenvalue weighted by Gasteiger charge is 2.20. The maximum absolute atomic E-state index is 5.67. The molecule has 3 nitrogen and oxygen atoms in total. The van der Waals surface area contributed by atoms with Gasteiger partial charge in [0.25, 0.3) is 0 Å². The van der Waals surface area contributed by atoms with Crippen LogP contribution in [0.5, 0.6) is 5.75 Å². The number of aryl methyl sites for hydroxylation is 1. The molecule has 28 heavy (non-hydrogen) atoms. The number of rotatable bonds is 8. The average Bonchev–Trinajstić information content (AvgIpc) is 2.71. The molecule has 3 rings (SSSR count). The van der Waals surface area contributed by atoms with E-state index in [2.05, 4.69) is 61.5 Å². The zero-order valence-electron chi connectivity index (χ0n) is 18.3. The fourth-order valence-electron chi connectivity index (χ4n) is 4.66. The van der Waals surface area contributed by atoms with Gasteiger partial charge in [0.1, 0.15) is 5.75 Å². The number of nitrogens with one attached hydrogen (secondary N) is 1. The van der Waals surface area contributed by atoms with Crippen molar-refractivity contribution in [2.75, 3.05) is 26.7 Å². The predicted octanol–water partition coefficient (Wildman–Crippen LogP) is 5.55. The van der Waals surface area contributed by atoms with E-state index in [-0.39, 0.29) is 6.04 Å². The van der Waals surface area contributed by atoms with Crippen molar-refractivity contribution in [1.29, 1.82) is 0 Å². The maximum atomic E-state index is 5.67. The molecule has 0 amide bonds. The second kappa shape index (κ2) is 10.2. The smallest absolute Gasteiger partial charge is 0.122 e. The van der Waals surface area contributed by atoms with Crippen LogP contribution < -0.4 is 10.1 Å². The second-order valence-corrected chi connectivity index (χ2v) is 8.48. The van der Waals surface area contributed by atoms with E-state index < -0.39 is 0 Å². The first-order valence-corrected chi connectivity index (χ1v) is 11.2. The summed E-state index contributed by atoms with van der Waals surface area (Å²) in [4.78, 5) is 2.63. The maximum Gasteiger partial charge on any atom is 0.122 e. The summed E-state index contributed by atoms with van der Waals surface area (Å²) in [6.07, 6.45) is 14.5. The zero-order valence-corrected chi connectivity index (χ0v) is 18.3. The molecule has 0 radical (unpaired) electrons. The van der Waals surface area contributed by atoms with Crippen LogP contribution in [0.4, 0.5) is 0 Å². The van der Waals surface area contributed by atoms with E-state index in [0.29, 0.717) is 0 Å². The van der Waals surface area contributed by atoms with Crippen molar-refractivity contribution in [3.8, 4) is 5.75 Å². The number of methoxy groups -OCH3 is 1. The Hall–Kier alpha value is -1.74. The van der Waals surface area contributed by atoms with Gasteiger partial charge in [0.05, 0.1) is 13.2 Å². The molecule has 1 N–H and O–H groups in total. The van der Waals surface area contributed by atoms with Gasteiger partial charge in [0.15, 0.2) is 0 Å². The van der Waals surface area contributed by atoms with E-state index in [0.717, 1.165) is 31.1 Å². The Kier molecular flexibility index (Phi) is 7.61. The fraction of sp³-hybridized carbons (Fsp3) is 0.600. The van der Waals surface area contributed by atoms with Crippen molar-refractivity contribution in [3.63, 3.8) is 0 Å². The largest absolute Gasteiger partial charge is 0.496 e. The van der Waals surface area contributed by atoms with E-state index in [4.69, 9.17) is 4.74 Å². The fourth-order valence-corrected chi connectivity index (χ4v) is 4.66. The van der Waals surface area contributed by atoms with Crippen LogP contribution in [0.2, 0.25) is 0 Å². The number of piperidine rings is 1. The third kappa shape index (κ3) is 5.20. The van der Waals surface area contributed by atoms with Crippen molar-refractivity contribution in [2.45, 2.75) is 65.3 Å². The molecule has 0 spiro atoms. The molecule has 1 atom stereocenters. The Balaban J connectivity index is 1.70. The Labute approximate surface area is 171 Å². The third-order valence-electron chi connectivity index (χ3n) is 6.35. The van der Waals surface area contributed by atoms with Crippen LogP contribution in [0.25, 0.3) is 0 Å². The van der Waals surface area contributed by atoms with Gasteiger partial charge in [-0.3, -0.25) is 4.90 Å². The molecule has 1 fully saturated rings. The van der Waals surface area contributed by atoms with Crippen molar-refractivity contribution >= 4 is 0 Å². The predicted molar refractivity (Wildman–Crippen MR) is 119 cm³/mol. The molecule has 1 saturated heterocycles. The standard InChI is InChI=1S/C25H38N2O/c1-5-7-20-10-13-27(14-11-20)18-21-9-12-26-24(15-21)23-16-22(8-6-2)19(3)25(17-23)28-4/h9,12,15-17,20,24,26H,5-8,10-11,13-14,18H2,1-4H3. The van der Waals surface area contributed by atoms with Gasteiger partial charge >= 0.3 is 0 Å². The summed E-state index contributed by atoms with van der Waals surface area (Å²) in [6, 6.07) is 4.79. The van der Waals surface area contributed by atoms with Crippen LogP contribution in [0.3, 0.4) is 0 Å². The molecule has 0 bridgehead atoms. The molecule has 2 heterocycles.